The number of hydrogen-bond acceptors (Lipinski definition) is 3. The van der Waals surface area contributed by atoms with Crippen molar-refractivity contribution in [3.63, 3.8) is 0 Å². The van der Waals surface area contributed by atoms with Crippen molar-refractivity contribution in [2.75, 3.05) is 0 Å². The van der Waals surface area contributed by atoms with E-state index in [1.807, 2.05) is 0 Å². The minimum Gasteiger partial charge on any atom is -0.347 e. The van der Waals surface area contributed by atoms with Gasteiger partial charge in [0, 0.05) is 37.3 Å². The molecule has 4 nitrogen and oxygen atoms in total. The maximum Gasteiger partial charge on any atom is 0.289 e. The van der Waals surface area contributed by atoms with E-state index >= 15 is 0 Å². The van der Waals surface area contributed by atoms with Crippen molar-refractivity contribution in [2.24, 2.45) is 0 Å². The van der Waals surface area contributed by atoms with E-state index in [0.717, 1.165) is 24.5 Å². The Morgan fingerprint density at radius 2 is 1.92 bits per heavy atom. The second kappa shape index (κ2) is 6.42. The largest absolute Gasteiger partial charge is 0.347 e. The highest BCUT2D eigenvalue weighted by molar-refractivity contribution is 5.93. The molecule has 1 aromatic heterocycles. The monoisotopic (exact) mass is 353 g/mol. The average molecular weight is 353 g/mol. The molecule has 0 saturated heterocycles. The first-order chi connectivity index (χ1) is 11.8. The second-order valence-corrected chi connectivity index (χ2v) is 6.07. The fraction of sp³-hybridized carbons (Fsp3) is 0.353. The fourth-order valence-corrected chi connectivity index (χ4v) is 2.91. The lowest BCUT2D eigenvalue weighted by Crippen LogP contribution is -2.46. The molecule has 2 atom stereocenters. The topological polar surface area (TPSA) is 54.9 Å². The first-order valence-electron chi connectivity index (χ1n) is 7.72. The number of aromatic nitrogens is 2. The van der Waals surface area contributed by atoms with Gasteiger partial charge in [-0.25, -0.2) is 13.8 Å². The Bertz CT molecular complexity index is 807. The van der Waals surface area contributed by atoms with Gasteiger partial charge in [0.05, 0.1) is 0 Å². The highest BCUT2D eigenvalue weighted by Gasteiger charge is 2.38. The van der Waals surface area contributed by atoms with Crippen molar-refractivity contribution in [3.05, 3.63) is 59.2 Å². The predicted octanol–water partition coefficient (Wildman–Crippen LogP) is 3.54. The lowest BCUT2D eigenvalue weighted by molar-refractivity contribution is 0.0110. The normalized spacial score (nSPS) is 20.0. The van der Waals surface area contributed by atoms with Crippen LogP contribution in [0.2, 0.25) is 0 Å². The number of carbonyl (C=O) groups is 1. The Kier molecular flexibility index (Phi) is 4.45. The van der Waals surface area contributed by atoms with Crippen LogP contribution in [0.3, 0.4) is 0 Å². The number of nitrogens with zero attached hydrogens (tertiary/aromatic N) is 2. The first-order valence-corrected chi connectivity index (χ1v) is 7.72. The zero-order valence-electron chi connectivity index (χ0n) is 13.3. The lowest BCUT2D eigenvalue weighted by atomic mass is 9.74. The number of carbonyl (C=O) groups excluding carboxylic acids is 1. The van der Waals surface area contributed by atoms with E-state index in [2.05, 4.69) is 15.3 Å². The Hall–Kier alpha value is -2.51. The third kappa shape index (κ3) is 3.47. The maximum atomic E-state index is 13.9. The summed E-state index contributed by atoms with van der Waals surface area (Å²) in [6.07, 6.45) is 3.40. The second-order valence-electron chi connectivity index (χ2n) is 6.07. The molecule has 0 bridgehead atoms. The van der Waals surface area contributed by atoms with Gasteiger partial charge >= 0.3 is 0 Å². The van der Waals surface area contributed by atoms with Gasteiger partial charge in [-0.1, -0.05) is 6.07 Å². The maximum absolute atomic E-state index is 13.9. The number of amides is 1. The minimum absolute atomic E-state index is 0.290. The molecule has 0 unspecified atom stereocenters. The number of halogens is 4. The zero-order valence-corrected chi connectivity index (χ0v) is 13.3. The molecule has 132 valence electrons. The molecule has 25 heavy (non-hydrogen) atoms. The van der Waals surface area contributed by atoms with Crippen LogP contribution in [0.1, 0.15) is 47.4 Å². The third-order valence-electron chi connectivity index (χ3n) is 4.28. The summed E-state index contributed by atoms with van der Waals surface area (Å²) >= 11 is 0. The van der Waals surface area contributed by atoms with E-state index in [4.69, 9.17) is 0 Å². The molecule has 1 saturated carbocycles. The quantitative estimate of drug-likeness (QED) is 0.856. The molecule has 0 aliphatic heterocycles. The van der Waals surface area contributed by atoms with Crippen LogP contribution < -0.4 is 5.32 Å². The summed E-state index contributed by atoms with van der Waals surface area (Å²) in [6.45, 7) is 0.633. The summed E-state index contributed by atoms with van der Waals surface area (Å²) in [4.78, 5) is 19.6. The van der Waals surface area contributed by atoms with Gasteiger partial charge in [-0.15, -0.1) is 0 Å². The van der Waals surface area contributed by atoms with Crippen LogP contribution >= 0.6 is 0 Å². The van der Waals surface area contributed by atoms with Gasteiger partial charge in [0.25, 0.3) is 11.8 Å². The smallest absolute Gasteiger partial charge is 0.289 e. The van der Waals surface area contributed by atoms with E-state index in [-0.39, 0.29) is 11.5 Å². The molecule has 8 heteroatoms. The third-order valence-corrected chi connectivity index (χ3v) is 4.28. The molecular formula is C17H15F4N3O. The molecular weight excluding hydrogens is 338 g/mol. The molecule has 0 spiro atoms. The van der Waals surface area contributed by atoms with Crippen LogP contribution in [-0.2, 0) is 5.92 Å². The Morgan fingerprint density at radius 1 is 1.20 bits per heavy atom. The Labute approximate surface area is 141 Å². The van der Waals surface area contributed by atoms with Gasteiger partial charge in [0.2, 0.25) is 0 Å². The molecule has 1 aromatic carbocycles. The van der Waals surface area contributed by atoms with E-state index in [9.17, 15) is 22.4 Å². The molecule has 2 aromatic rings. The van der Waals surface area contributed by atoms with Crippen molar-refractivity contribution >= 4 is 5.91 Å². The van der Waals surface area contributed by atoms with Gasteiger partial charge in [0.15, 0.2) is 5.69 Å². The molecule has 1 heterocycles. The standard InChI is InChI=1S/C17H15F4N3O/c1-17(20,21)15-14(22-6-7-23-15)16(25)24-13-5-4-11(13)10-3-2-9(18)8-12(10)19/h2-3,6-8,11,13H,4-5H2,1H3,(H,24,25)/t11-,13-/m1/s1. The van der Waals surface area contributed by atoms with Crippen LogP contribution in [0.25, 0.3) is 0 Å². The summed E-state index contributed by atoms with van der Waals surface area (Å²) in [5, 5.41) is 2.60. The predicted molar refractivity (Wildman–Crippen MR) is 81.2 cm³/mol. The van der Waals surface area contributed by atoms with Crippen molar-refractivity contribution in [2.45, 2.75) is 37.6 Å². The van der Waals surface area contributed by atoms with E-state index in [1.165, 1.54) is 6.07 Å². The van der Waals surface area contributed by atoms with Crippen molar-refractivity contribution in [3.8, 4) is 0 Å². The SMILES string of the molecule is CC(F)(F)c1nccnc1C(=O)N[C@@H]1CC[C@@H]1c1ccc(F)cc1F. The van der Waals surface area contributed by atoms with Crippen LogP contribution in [-0.4, -0.2) is 21.9 Å². The molecule has 3 rings (SSSR count). The van der Waals surface area contributed by atoms with Crippen LogP contribution in [0, 0.1) is 11.6 Å². The molecule has 1 amide bonds. The summed E-state index contributed by atoms with van der Waals surface area (Å²) in [7, 11) is 0. The van der Waals surface area contributed by atoms with Crippen LogP contribution in [0.5, 0.6) is 0 Å². The van der Waals surface area contributed by atoms with Crippen LogP contribution in [0.4, 0.5) is 17.6 Å². The number of rotatable bonds is 4. The van der Waals surface area contributed by atoms with Gasteiger partial charge < -0.3 is 5.32 Å². The number of hydrogen-bond donors (Lipinski definition) is 1. The number of alkyl halides is 2. The highest BCUT2D eigenvalue weighted by Crippen LogP contribution is 2.38. The first kappa shape index (κ1) is 17.3. The van der Waals surface area contributed by atoms with Crippen molar-refractivity contribution < 1.29 is 22.4 Å². The van der Waals surface area contributed by atoms with Gasteiger partial charge in [-0.3, -0.25) is 9.78 Å². The van der Waals surface area contributed by atoms with Crippen molar-refractivity contribution in [1.82, 2.24) is 15.3 Å². The molecule has 0 radical (unpaired) electrons. The minimum atomic E-state index is -3.32. The Balaban J connectivity index is 1.78. The fourth-order valence-electron chi connectivity index (χ4n) is 2.91. The lowest BCUT2D eigenvalue weighted by Gasteiger charge is -2.37. The average Bonchev–Trinajstić information content (AvgIpc) is 2.53. The zero-order chi connectivity index (χ0) is 18.2. The van der Waals surface area contributed by atoms with Crippen LogP contribution in [0.15, 0.2) is 30.6 Å². The van der Waals surface area contributed by atoms with E-state index < -0.39 is 40.9 Å². The molecule has 1 fully saturated rings. The van der Waals surface area contributed by atoms with Crippen molar-refractivity contribution in [1.29, 1.82) is 0 Å². The highest BCUT2D eigenvalue weighted by atomic mass is 19.3. The summed E-state index contributed by atoms with van der Waals surface area (Å²) in [6, 6.07) is 2.83. The Morgan fingerprint density at radius 3 is 2.52 bits per heavy atom. The molecule has 1 aliphatic rings. The summed E-state index contributed by atoms with van der Waals surface area (Å²) in [5.41, 5.74) is -0.880. The van der Waals surface area contributed by atoms with E-state index in [0.29, 0.717) is 19.8 Å². The summed E-state index contributed by atoms with van der Waals surface area (Å²) < 4.78 is 54.1. The van der Waals surface area contributed by atoms with Gasteiger partial charge in [-0.05, 0) is 24.5 Å². The summed E-state index contributed by atoms with van der Waals surface area (Å²) in [5.74, 6) is -5.82. The van der Waals surface area contributed by atoms with E-state index in [1.54, 1.807) is 0 Å². The van der Waals surface area contributed by atoms with Gasteiger partial charge in [0.1, 0.15) is 17.3 Å². The molecule has 1 aliphatic carbocycles. The molecule has 1 N–H and O–H groups in total. The van der Waals surface area contributed by atoms with Gasteiger partial charge in [-0.2, -0.15) is 8.78 Å². The number of nitrogens with one attached hydrogen (secondary N) is 1. The number of benzene rings is 1.